The van der Waals surface area contributed by atoms with Crippen molar-refractivity contribution < 1.29 is 0 Å². The van der Waals surface area contributed by atoms with Crippen LogP contribution in [0.15, 0.2) is 34.8 Å². The van der Waals surface area contributed by atoms with E-state index in [1.807, 2.05) is 0 Å². The normalized spacial score (nSPS) is 23.3. The van der Waals surface area contributed by atoms with Gasteiger partial charge >= 0.3 is 0 Å². The number of hydrogen-bond acceptors (Lipinski definition) is 3. The number of benzene rings is 1. The molecule has 0 saturated carbocycles. The number of fused-ring (bicyclic) bond motifs is 1. The number of para-hydroxylation sites is 1. The van der Waals surface area contributed by atoms with Crippen molar-refractivity contribution in [3.8, 4) is 0 Å². The molecule has 4 rings (SSSR count). The summed E-state index contributed by atoms with van der Waals surface area (Å²) in [5, 5.41) is 1.20. The van der Waals surface area contributed by atoms with Crippen molar-refractivity contribution >= 4 is 32.7 Å². The molecule has 1 aromatic carbocycles. The average Bonchev–Trinajstić information content (AvgIpc) is 3.18. The van der Waals surface area contributed by atoms with Gasteiger partial charge in [-0.1, -0.05) is 12.1 Å². The molecule has 0 aliphatic carbocycles. The highest BCUT2D eigenvalue weighted by molar-refractivity contribution is 9.10. The van der Waals surface area contributed by atoms with Crippen LogP contribution in [0, 0.1) is 0 Å². The Labute approximate surface area is 134 Å². The standard InChI is InChI=1S/C17H20BrN3/c18-15-5-3-4-13-6-7-16(19-17(13)15)21-11-8-14(12-21)20-9-1-2-10-20/h3-7,14H,1-2,8-12H2. The van der Waals surface area contributed by atoms with E-state index in [9.17, 15) is 0 Å². The third-order valence-electron chi connectivity index (χ3n) is 4.80. The van der Waals surface area contributed by atoms with Crippen molar-refractivity contribution in [3.05, 3.63) is 34.8 Å². The Morgan fingerprint density at radius 2 is 1.90 bits per heavy atom. The van der Waals surface area contributed by atoms with Crippen LogP contribution in [0.1, 0.15) is 19.3 Å². The SMILES string of the molecule is Brc1cccc2ccc(N3CCC(N4CCCC4)C3)nc12. The third-order valence-corrected chi connectivity index (χ3v) is 5.44. The highest BCUT2D eigenvalue weighted by Crippen LogP contribution is 2.28. The predicted octanol–water partition coefficient (Wildman–Crippen LogP) is 3.67. The molecule has 2 aliphatic rings. The van der Waals surface area contributed by atoms with Crippen molar-refractivity contribution in [2.24, 2.45) is 0 Å². The Morgan fingerprint density at radius 3 is 2.76 bits per heavy atom. The van der Waals surface area contributed by atoms with E-state index >= 15 is 0 Å². The molecule has 2 fully saturated rings. The van der Waals surface area contributed by atoms with E-state index in [0.29, 0.717) is 0 Å². The molecule has 1 atom stereocenters. The lowest BCUT2D eigenvalue weighted by Gasteiger charge is -2.24. The molecule has 0 spiro atoms. The second-order valence-corrected chi connectivity index (χ2v) is 6.97. The van der Waals surface area contributed by atoms with Gasteiger partial charge in [0.1, 0.15) is 5.82 Å². The summed E-state index contributed by atoms with van der Waals surface area (Å²) in [7, 11) is 0. The van der Waals surface area contributed by atoms with Gasteiger partial charge in [0, 0.05) is 29.0 Å². The summed E-state index contributed by atoms with van der Waals surface area (Å²) in [6, 6.07) is 11.3. The molecule has 0 radical (unpaired) electrons. The largest absolute Gasteiger partial charge is 0.355 e. The minimum atomic E-state index is 0.726. The smallest absolute Gasteiger partial charge is 0.129 e. The van der Waals surface area contributed by atoms with Gasteiger partial charge in [-0.2, -0.15) is 0 Å². The van der Waals surface area contributed by atoms with Crippen molar-refractivity contribution in [2.75, 3.05) is 31.1 Å². The molecule has 1 aromatic heterocycles. The Morgan fingerprint density at radius 1 is 1.05 bits per heavy atom. The van der Waals surface area contributed by atoms with Gasteiger partial charge in [-0.15, -0.1) is 0 Å². The number of anilines is 1. The van der Waals surface area contributed by atoms with Gasteiger partial charge in [0.2, 0.25) is 0 Å². The highest BCUT2D eigenvalue weighted by atomic mass is 79.9. The lowest BCUT2D eigenvalue weighted by molar-refractivity contribution is 0.260. The summed E-state index contributed by atoms with van der Waals surface area (Å²) >= 11 is 3.62. The molecule has 4 heteroatoms. The molecule has 0 bridgehead atoms. The average molecular weight is 346 g/mol. The Balaban J connectivity index is 1.58. The quantitative estimate of drug-likeness (QED) is 0.827. The predicted molar refractivity (Wildman–Crippen MR) is 90.9 cm³/mol. The van der Waals surface area contributed by atoms with Gasteiger partial charge < -0.3 is 4.90 Å². The van der Waals surface area contributed by atoms with Crippen molar-refractivity contribution in [1.29, 1.82) is 0 Å². The molecule has 3 nitrogen and oxygen atoms in total. The fourth-order valence-corrected chi connectivity index (χ4v) is 4.10. The highest BCUT2D eigenvalue weighted by Gasteiger charge is 2.29. The minimum Gasteiger partial charge on any atom is -0.355 e. The zero-order valence-electron chi connectivity index (χ0n) is 12.1. The summed E-state index contributed by atoms with van der Waals surface area (Å²) in [6.07, 6.45) is 4.02. The minimum absolute atomic E-state index is 0.726. The summed E-state index contributed by atoms with van der Waals surface area (Å²) in [5.74, 6) is 1.12. The zero-order valence-corrected chi connectivity index (χ0v) is 13.7. The number of hydrogen-bond donors (Lipinski definition) is 0. The summed E-state index contributed by atoms with van der Waals surface area (Å²) in [4.78, 5) is 9.99. The van der Waals surface area contributed by atoms with E-state index in [4.69, 9.17) is 4.98 Å². The maximum absolute atomic E-state index is 4.88. The maximum Gasteiger partial charge on any atom is 0.129 e. The van der Waals surface area contributed by atoms with Gasteiger partial charge in [-0.25, -0.2) is 4.98 Å². The van der Waals surface area contributed by atoms with Crippen LogP contribution in [0.25, 0.3) is 10.9 Å². The zero-order chi connectivity index (χ0) is 14.2. The summed E-state index contributed by atoms with van der Waals surface area (Å²) < 4.78 is 1.08. The van der Waals surface area contributed by atoms with Crippen LogP contribution < -0.4 is 4.90 Å². The van der Waals surface area contributed by atoms with Crippen molar-refractivity contribution in [2.45, 2.75) is 25.3 Å². The molecule has 3 heterocycles. The van der Waals surface area contributed by atoms with E-state index in [1.165, 1.54) is 37.7 Å². The van der Waals surface area contributed by atoms with E-state index in [2.05, 4.69) is 56.1 Å². The Hall–Kier alpha value is -1.13. The van der Waals surface area contributed by atoms with Crippen molar-refractivity contribution in [1.82, 2.24) is 9.88 Å². The lowest BCUT2D eigenvalue weighted by Crippen LogP contribution is -2.35. The molecule has 21 heavy (non-hydrogen) atoms. The first-order valence-electron chi connectivity index (χ1n) is 7.85. The van der Waals surface area contributed by atoms with Crippen LogP contribution in [0.4, 0.5) is 5.82 Å². The van der Waals surface area contributed by atoms with Gasteiger partial charge in [0.25, 0.3) is 0 Å². The molecule has 110 valence electrons. The first-order chi connectivity index (χ1) is 10.3. The lowest BCUT2D eigenvalue weighted by atomic mass is 10.2. The van der Waals surface area contributed by atoms with Gasteiger partial charge in [-0.05, 0) is 66.5 Å². The first kappa shape index (κ1) is 13.5. The number of nitrogens with zero attached hydrogens (tertiary/aromatic N) is 3. The molecule has 0 amide bonds. The number of pyridine rings is 1. The first-order valence-corrected chi connectivity index (χ1v) is 8.65. The molecule has 1 unspecified atom stereocenters. The molecule has 2 saturated heterocycles. The second-order valence-electron chi connectivity index (χ2n) is 6.11. The van der Waals surface area contributed by atoms with E-state index in [-0.39, 0.29) is 0 Å². The van der Waals surface area contributed by atoms with Crippen LogP contribution in [0.5, 0.6) is 0 Å². The van der Waals surface area contributed by atoms with Crippen LogP contribution in [0.3, 0.4) is 0 Å². The van der Waals surface area contributed by atoms with Crippen LogP contribution in [0.2, 0.25) is 0 Å². The molecular weight excluding hydrogens is 326 g/mol. The number of rotatable bonds is 2. The van der Waals surface area contributed by atoms with Gasteiger partial charge in [-0.3, -0.25) is 4.90 Å². The van der Waals surface area contributed by atoms with Crippen LogP contribution >= 0.6 is 15.9 Å². The van der Waals surface area contributed by atoms with Crippen molar-refractivity contribution in [3.63, 3.8) is 0 Å². The summed E-state index contributed by atoms with van der Waals surface area (Å²) in [5.41, 5.74) is 1.07. The topological polar surface area (TPSA) is 19.4 Å². The Kier molecular flexibility index (Phi) is 3.59. The monoisotopic (exact) mass is 345 g/mol. The van der Waals surface area contributed by atoms with Crippen LogP contribution in [-0.4, -0.2) is 42.1 Å². The fourth-order valence-electron chi connectivity index (χ4n) is 3.63. The number of halogens is 1. The van der Waals surface area contributed by atoms with Crippen LogP contribution in [-0.2, 0) is 0 Å². The molecule has 2 aromatic rings. The third kappa shape index (κ3) is 2.55. The molecule has 0 N–H and O–H groups in total. The maximum atomic E-state index is 4.88. The van der Waals surface area contributed by atoms with E-state index < -0.39 is 0 Å². The fraction of sp³-hybridized carbons (Fsp3) is 0.471. The van der Waals surface area contributed by atoms with E-state index in [0.717, 1.165) is 34.9 Å². The molecule has 2 aliphatic heterocycles. The summed E-state index contributed by atoms with van der Waals surface area (Å²) in [6.45, 7) is 4.83. The van der Waals surface area contributed by atoms with E-state index in [1.54, 1.807) is 0 Å². The second kappa shape index (κ2) is 5.58. The molecular formula is C17H20BrN3. The Bertz CT molecular complexity index is 652. The number of aromatic nitrogens is 1. The number of likely N-dealkylation sites (tertiary alicyclic amines) is 1. The van der Waals surface area contributed by atoms with Gasteiger partial charge in [0.05, 0.1) is 5.52 Å². The van der Waals surface area contributed by atoms with Gasteiger partial charge in [0.15, 0.2) is 0 Å².